The van der Waals surface area contributed by atoms with Gasteiger partial charge in [-0.15, -0.1) is 0 Å². The first kappa shape index (κ1) is 45.7. The van der Waals surface area contributed by atoms with Crippen molar-refractivity contribution in [3.63, 3.8) is 0 Å². The van der Waals surface area contributed by atoms with E-state index in [4.69, 9.17) is 28.4 Å². The van der Waals surface area contributed by atoms with Crippen molar-refractivity contribution in [2.75, 3.05) is 6.61 Å². The fourth-order valence-corrected chi connectivity index (χ4v) is 9.63. The molecule has 5 rings (SSSR count). The quantitative estimate of drug-likeness (QED) is 0.150. The van der Waals surface area contributed by atoms with E-state index in [0.717, 1.165) is 13.8 Å². The van der Waals surface area contributed by atoms with E-state index in [1.165, 1.54) is 26.0 Å². The van der Waals surface area contributed by atoms with Crippen LogP contribution in [-0.4, -0.2) is 117 Å². The highest BCUT2D eigenvalue weighted by atomic mass is 16.6. The molecule has 326 valence electrons. The summed E-state index contributed by atoms with van der Waals surface area (Å²) >= 11 is 0. The molecule has 1 aliphatic heterocycles. The zero-order valence-corrected chi connectivity index (χ0v) is 35.7. The van der Waals surface area contributed by atoms with Crippen molar-refractivity contribution in [2.45, 2.75) is 155 Å². The Balaban J connectivity index is 1.72. The van der Waals surface area contributed by atoms with Crippen LogP contribution in [0.1, 0.15) is 106 Å². The molecule has 0 unspecified atom stereocenters. The van der Waals surface area contributed by atoms with Crippen molar-refractivity contribution < 1.29 is 72.5 Å². The van der Waals surface area contributed by atoms with E-state index in [-0.39, 0.29) is 42.1 Å². The molecule has 4 aliphatic rings. The lowest BCUT2D eigenvalue weighted by atomic mass is 9.44. The smallest absolute Gasteiger partial charge is 0.407 e. The Morgan fingerprint density at radius 1 is 0.983 bits per heavy atom. The predicted octanol–water partition coefficient (Wildman–Crippen LogP) is 3.50. The van der Waals surface area contributed by atoms with Crippen LogP contribution in [0, 0.1) is 22.7 Å². The van der Waals surface area contributed by atoms with Crippen molar-refractivity contribution in [1.29, 1.82) is 0 Å². The van der Waals surface area contributed by atoms with Crippen LogP contribution in [-0.2, 0) is 47.6 Å². The fourth-order valence-electron chi connectivity index (χ4n) is 9.63. The van der Waals surface area contributed by atoms with Crippen LogP contribution < -0.4 is 5.32 Å². The number of alkyl carbamates (subject to hydrolysis) is 1. The monoisotopic (exact) mass is 829 g/mol. The van der Waals surface area contributed by atoms with Gasteiger partial charge in [0.15, 0.2) is 23.6 Å². The van der Waals surface area contributed by atoms with Crippen molar-refractivity contribution in [3.8, 4) is 0 Å². The minimum atomic E-state index is -2.37. The Bertz CT molecular complexity index is 1870. The molecule has 1 aromatic carbocycles. The molecule has 1 amide bonds. The molecule has 16 nitrogen and oxygen atoms in total. The van der Waals surface area contributed by atoms with Crippen LogP contribution in [0.2, 0.25) is 0 Å². The molecule has 1 aromatic rings. The Kier molecular flexibility index (Phi) is 12.6. The standard InChI is InChI=1S/C43H59NO15/c1-21(2)17-26(44-38(52)59-39(6,7)8)31(48)37(51)56-27-19-43(53)35(57-36(50)25-15-13-12-14-16-25)33-41(11,28(47)18-29-42(33,20-54-29)58-24(5)46)34(49)32(55-23(4)45)30(22(27)3)40(43,9)10/h12-16,21,26-29,31-33,35,47-48,53H,17-20H2,1-11H3,(H,44,52)/t26-,27-,28-,29+,31+,32-,33-,35-,41+,42-,43+/m0/s1. The molecular formula is C43H59NO15. The number of carbonyl (C=O) groups is 6. The molecule has 1 heterocycles. The lowest BCUT2D eigenvalue weighted by Crippen LogP contribution is -2.82. The maximum atomic E-state index is 15.4. The van der Waals surface area contributed by atoms with Gasteiger partial charge in [-0.3, -0.25) is 14.4 Å². The third-order valence-corrected chi connectivity index (χ3v) is 12.5. The number of ether oxygens (including phenoxy) is 6. The Labute approximate surface area is 344 Å². The van der Waals surface area contributed by atoms with Crippen LogP contribution in [0.3, 0.4) is 0 Å². The summed E-state index contributed by atoms with van der Waals surface area (Å²) in [6.07, 6.45) is -11.1. The van der Waals surface area contributed by atoms with Gasteiger partial charge in [0, 0.05) is 32.1 Å². The first-order valence-electron chi connectivity index (χ1n) is 20.0. The molecule has 1 saturated heterocycles. The summed E-state index contributed by atoms with van der Waals surface area (Å²) in [4.78, 5) is 82.3. The minimum Gasteiger partial charge on any atom is -0.456 e. The van der Waals surface area contributed by atoms with Crippen LogP contribution in [0.25, 0.3) is 0 Å². The third-order valence-electron chi connectivity index (χ3n) is 12.5. The van der Waals surface area contributed by atoms with Crippen molar-refractivity contribution >= 4 is 35.8 Å². The number of carbonyl (C=O) groups excluding carboxylic acids is 6. The number of hydrogen-bond donors (Lipinski definition) is 4. The molecule has 0 spiro atoms. The van der Waals surface area contributed by atoms with Gasteiger partial charge in [-0.25, -0.2) is 14.4 Å². The number of hydrogen-bond acceptors (Lipinski definition) is 15. The van der Waals surface area contributed by atoms with Gasteiger partial charge in [-0.1, -0.05) is 45.9 Å². The average Bonchev–Trinajstić information content (AvgIpc) is 3.11. The molecule has 0 aromatic heterocycles. The number of amides is 1. The number of aliphatic hydroxyl groups excluding tert-OH is 2. The molecular weight excluding hydrogens is 770 g/mol. The highest BCUT2D eigenvalue weighted by molar-refractivity contribution is 5.95. The summed E-state index contributed by atoms with van der Waals surface area (Å²) in [5, 5.41) is 39.6. The van der Waals surface area contributed by atoms with Crippen molar-refractivity contribution in [3.05, 3.63) is 47.0 Å². The van der Waals surface area contributed by atoms with E-state index in [1.54, 1.807) is 52.8 Å². The van der Waals surface area contributed by atoms with Gasteiger partial charge in [0.25, 0.3) is 0 Å². The number of benzene rings is 1. The van der Waals surface area contributed by atoms with E-state index >= 15 is 4.79 Å². The minimum absolute atomic E-state index is 0.00510. The summed E-state index contributed by atoms with van der Waals surface area (Å²) in [6.45, 7) is 16.6. The van der Waals surface area contributed by atoms with Crippen LogP contribution >= 0.6 is 0 Å². The molecule has 3 aliphatic carbocycles. The topological polar surface area (TPSA) is 231 Å². The average molecular weight is 830 g/mol. The van der Waals surface area contributed by atoms with Gasteiger partial charge in [0.05, 0.1) is 35.6 Å². The summed E-state index contributed by atoms with van der Waals surface area (Å²) in [7, 11) is 0. The number of nitrogens with one attached hydrogen (secondary N) is 1. The summed E-state index contributed by atoms with van der Waals surface area (Å²) in [6, 6.07) is 6.66. The Morgan fingerprint density at radius 2 is 1.61 bits per heavy atom. The van der Waals surface area contributed by atoms with Gasteiger partial charge in [0.2, 0.25) is 0 Å². The molecule has 0 radical (unpaired) electrons. The lowest BCUT2D eigenvalue weighted by Gasteiger charge is -2.67. The van der Waals surface area contributed by atoms with Gasteiger partial charge >= 0.3 is 30.0 Å². The van der Waals surface area contributed by atoms with Gasteiger partial charge in [-0.2, -0.15) is 0 Å². The van der Waals surface area contributed by atoms with Crippen LogP contribution in [0.15, 0.2) is 41.5 Å². The summed E-state index contributed by atoms with van der Waals surface area (Å²) in [5.41, 5.74) is -8.45. The first-order chi connectivity index (χ1) is 27.2. The van der Waals surface area contributed by atoms with E-state index in [1.807, 2.05) is 13.8 Å². The van der Waals surface area contributed by atoms with Gasteiger partial charge < -0.3 is 49.1 Å². The Hall–Kier alpha value is -4.38. The number of esters is 4. The van der Waals surface area contributed by atoms with Crippen LogP contribution in [0.5, 0.6) is 0 Å². The van der Waals surface area contributed by atoms with Gasteiger partial charge in [-0.05, 0) is 70.2 Å². The maximum Gasteiger partial charge on any atom is 0.407 e. The van der Waals surface area contributed by atoms with Crippen LogP contribution in [0.4, 0.5) is 4.79 Å². The molecule has 2 bridgehead atoms. The molecule has 11 atom stereocenters. The van der Waals surface area contributed by atoms with Crippen molar-refractivity contribution in [1.82, 2.24) is 5.32 Å². The molecule has 2 saturated carbocycles. The van der Waals surface area contributed by atoms with Crippen molar-refractivity contribution in [2.24, 2.45) is 22.7 Å². The Morgan fingerprint density at radius 3 is 2.14 bits per heavy atom. The number of ketones is 1. The zero-order valence-electron chi connectivity index (χ0n) is 35.7. The second-order valence-corrected chi connectivity index (χ2v) is 18.5. The molecule has 59 heavy (non-hydrogen) atoms. The molecule has 4 N–H and O–H groups in total. The van der Waals surface area contributed by atoms with E-state index in [9.17, 15) is 39.3 Å². The largest absolute Gasteiger partial charge is 0.456 e. The molecule has 3 fully saturated rings. The SMILES string of the molecule is CC(=O)O[C@@H]1C(=O)[C@@]2(C)[C@H]([C@H](OC(=O)c3ccccc3)[C@]3(O)C[C@H](OC(=O)[C@H](O)[C@H](CC(C)C)NC(=O)OC(C)(C)C)C(C)=C1C3(C)C)[C@]1(OC(C)=O)CO[C@@H]1C[C@@H]2O. The zero-order chi connectivity index (χ0) is 44.2. The van der Waals surface area contributed by atoms with E-state index < -0.39 is 118 Å². The summed E-state index contributed by atoms with van der Waals surface area (Å²) < 4.78 is 35.5. The summed E-state index contributed by atoms with van der Waals surface area (Å²) in [5.74, 6) is -6.31. The lowest BCUT2D eigenvalue weighted by molar-refractivity contribution is -0.346. The van der Waals surface area contributed by atoms with E-state index in [0.29, 0.717) is 0 Å². The second kappa shape index (κ2) is 16.2. The molecule has 16 heteroatoms. The number of Topliss-reactive ketones (excluding diaryl/α,β-unsaturated/α-hetero) is 1. The maximum absolute atomic E-state index is 15.4. The third kappa shape index (κ3) is 8.25. The number of rotatable bonds is 10. The normalized spacial score (nSPS) is 33.4. The van der Waals surface area contributed by atoms with E-state index in [2.05, 4.69) is 5.32 Å². The first-order valence-corrected chi connectivity index (χ1v) is 20.0. The highest BCUT2D eigenvalue weighted by Crippen LogP contribution is 2.64. The number of fused-ring (bicyclic) bond motifs is 5. The predicted molar refractivity (Wildman–Crippen MR) is 207 cm³/mol. The number of aliphatic hydroxyl groups is 3. The fraction of sp³-hybridized carbons (Fsp3) is 0.674. The highest BCUT2D eigenvalue weighted by Gasteiger charge is 2.78. The second-order valence-electron chi connectivity index (χ2n) is 18.5. The van der Waals surface area contributed by atoms with Gasteiger partial charge in [0.1, 0.15) is 29.5 Å².